The monoisotopic (exact) mass is 496 g/mol. The Balaban J connectivity index is 0.00000176. The minimum atomic E-state index is 0.398. The normalized spacial score (nSPS) is 16.6. The van der Waals surface area contributed by atoms with E-state index in [1.165, 1.54) is 11.1 Å². The van der Waals surface area contributed by atoms with Crippen molar-refractivity contribution in [2.75, 3.05) is 62.9 Å². The van der Waals surface area contributed by atoms with Crippen LogP contribution in [0.5, 0.6) is 6.01 Å². The Kier molecular flexibility index (Phi) is 11.9. The van der Waals surface area contributed by atoms with Gasteiger partial charge in [0.05, 0.1) is 18.9 Å². The van der Waals surface area contributed by atoms with Crippen LogP contribution in [0.1, 0.15) is 64.5 Å². The smallest absolute Gasteiger partial charge is 0.320 e. The Morgan fingerprint density at radius 1 is 1.06 bits per heavy atom. The van der Waals surface area contributed by atoms with Gasteiger partial charge < -0.3 is 14.4 Å². The van der Waals surface area contributed by atoms with Crippen molar-refractivity contribution in [1.29, 1.82) is 0 Å². The van der Waals surface area contributed by atoms with Crippen molar-refractivity contribution in [1.82, 2.24) is 14.9 Å². The van der Waals surface area contributed by atoms with Crippen LogP contribution in [0.4, 0.5) is 11.6 Å². The van der Waals surface area contributed by atoms with Gasteiger partial charge in [-0.05, 0) is 37.7 Å². The molecule has 1 aromatic carbocycles. The van der Waals surface area contributed by atoms with Gasteiger partial charge in [-0.25, -0.2) is 0 Å². The van der Waals surface area contributed by atoms with Gasteiger partial charge in [-0.3, -0.25) is 10.3 Å². The molecule has 1 aromatic heterocycles. The van der Waals surface area contributed by atoms with Gasteiger partial charge in [0, 0.05) is 44.4 Å². The van der Waals surface area contributed by atoms with Gasteiger partial charge in [0.1, 0.15) is 12.4 Å². The number of aryl methyl sites for hydroxylation is 1. The molecule has 8 nitrogen and oxygen atoms in total. The van der Waals surface area contributed by atoms with Crippen LogP contribution in [-0.4, -0.2) is 73.1 Å². The Hall–Kier alpha value is -2.71. The van der Waals surface area contributed by atoms with Crippen molar-refractivity contribution in [3.05, 3.63) is 41.5 Å². The van der Waals surface area contributed by atoms with Crippen LogP contribution < -0.4 is 15.1 Å². The number of hydrogen-bond donors (Lipinski definition) is 1. The van der Waals surface area contributed by atoms with Crippen LogP contribution in [0.15, 0.2) is 35.4 Å². The van der Waals surface area contributed by atoms with E-state index in [1.54, 1.807) is 0 Å². The van der Waals surface area contributed by atoms with Gasteiger partial charge in [0.15, 0.2) is 5.82 Å². The maximum absolute atomic E-state index is 6.02. The SMILES string of the molecule is CC.CCCN(CCC)c1cc(N/N=C2\CCCc3ccccc32)nc(OCCN2CCOCC2)n1. The predicted molar refractivity (Wildman–Crippen MR) is 148 cm³/mol. The highest BCUT2D eigenvalue weighted by molar-refractivity contribution is 6.03. The molecule has 198 valence electrons. The zero-order valence-corrected chi connectivity index (χ0v) is 22.6. The number of fused-ring (bicyclic) bond motifs is 1. The lowest BCUT2D eigenvalue weighted by atomic mass is 9.90. The fourth-order valence-corrected chi connectivity index (χ4v) is 4.51. The first kappa shape index (κ1) is 27.9. The summed E-state index contributed by atoms with van der Waals surface area (Å²) in [5.74, 6) is 1.55. The summed E-state index contributed by atoms with van der Waals surface area (Å²) in [7, 11) is 0. The molecule has 0 amide bonds. The van der Waals surface area contributed by atoms with E-state index in [0.717, 1.165) is 89.6 Å². The third-order valence-corrected chi connectivity index (χ3v) is 6.24. The Bertz CT molecular complexity index is 939. The third-order valence-electron chi connectivity index (χ3n) is 6.24. The second kappa shape index (κ2) is 15.4. The van der Waals surface area contributed by atoms with E-state index in [0.29, 0.717) is 18.4 Å². The fourth-order valence-electron chi connectivity index (χ4n) is 4.51. The van der Waals surface area contributed by atoms with Crippen LogP contribution in [-0.2, 0) is 11.2 Å². The number of benzene rings is 1. The number of nitrogens with one attached hydrogen (secondary N) is 1. The highest BCUT2D eigenvalue weighted by Crippen LogP contribution is 2.23. The van der Waals surface area contributed by atoms with Gasteiger partial charge in [-0.1, -0.05) is 52.0 Å². The first-order valence-electron chi connectivity index (χ1n) is 13.7. The molecular formula is C28H44N6O2. The van der Waals surface area contributed by atoms with Gasteiger partial charge >= 0.3 is 6.01 Å². The summed E-state index contributed by atoms with van der Waals surface area (Å²) in [6, 6.07) is 10.9. The maximum atomic E-state index is 6.02. The molecule has 1 aliphatic carbocycles. The zero-order chi connectivity index (χ0) is 25.6. The van der Waals surface area contributed by atoms with E-state index in [9.17, 15) is 0 Å². The van der Waals surface area contributed by atoms with Crippen molar-refractivity contribution in [2.24, 2.45) is 5.10 Å². The topological polar surface area (TPSA) is 75.1 Å². The highest BCUT2D eigenvalue weighted by atomic mass is 16.5. The number of hydrogen-bond acceptors (Lipinski definition) is 8. The van der Waals surface area contributed by atoms with Crippen molar-refractivity contribution in [2.45, 2.75) is 59.8 Å². The van der Waals surface area contributed by atoms with Crippen molar-refractivity contribution < 1.29 is 9.47 Å². The molecule has 0 saturated carbocycles. The number of rotatable bonds is 11. The molecule has 2 aliphatic rings. The average molecular weight is 497 g/mol. The third kappa shape index (κ3) is 8.17. The number of aromatic nitrogens is 2. The summed E-state index contributed by atoms with van der Waals surface area (Å²) >= 11 is 0. The molecule has 8 heteroatoms. The molecule has 0 atom stereocenters. The molecule has 4 rings (SSSR count). The fraction of sp³-hybridized carbons (Fsp3) is 0.607. The molecule has 1 fully saturated rings. The van der Waals surface area contributed by atoms with Gasteiger partial charge in [-0.15, -0.1) is 0 Å². The molecule has 2 heterocycles. The Morgan fingerprint density at radius 2 is 1.81 bits per heavy atom. The minimum Gasteiger partial charge on any atom is -0.462 e. The molecule has 0 unspecified atom stereocenters. The second-order valence-corrected chi connectivity index (χ2v) is 8.86. The molecule has 1 saturated heterocycles. The van der Waals surface area contributed by atoms with Gasteiger partial charge in [-0.2, -0.15) is 15.1 Å². The lowest BCUT2D eigenvalue weighted by Crippen LogP contribution is -2.38. The van der Waals surface area contributed by atoms with E-state index >= 15 is 0 Å². The quantitative estimate of drug-likeness (QED) is 0.439. The largest absolute Gasteiger partial charge is 0.462 e. The molecule has 1 aliphatic heterocycles. The van der Waals surface area contributed by atoms with Crippen molar-refractivity contribution in [3.8, 4) is 6.01 Å². The second-order valence-electron chi connectivity index (χ2n) is 8.86. The highest BCUT2D eigenvalue weighted by Gasteiger charge is 2.16. The molecule has 2 aromatic rings. The summed E-state index contributed by atoms with van der Waals surface area (Å²) in [5, 5.41) is 4.76. The van der Waals surface area contributed by atoms with Crippen molar-refractivity contribution >= 4 is 17.3 Å². The van der Waals surface area contributed by atoms with E-state index < -0.39 is 0 Å². The lowest BCUT2D eigenvalue weighted by molar-refractivity contribution is 0.0317. The summed E-state index contributed by atoms with van der Waals surface area (Å²) in [5.41, 5.74) is 6.89. The summed E-state index contributed by atoms with van der Waals surface area (Å²) in [4.78, 5) is 14.0. The van der Waals surface area contributed by atoms with E-state index in [-0.39, 0.29) is 0 Å². The lowest BCUT2D eigenvalue weighted by Gasteiger charge is -2.26. The van der Waals surface area contributed by atoms with Gasteiger partial charge in [0.2, 0.25) is 0 Å². The summed E-state index contributed by atoms with van der Waals surface area (Å²) < 4.78 is 11.5. The summed E-state index contributed by atoms with van der Waals surface area (Å²) in [6.45, 7) is 15.1. The molecule has 0 radical (unpaired) electrons. The van der Waals surface area contributed by atoms with Crippen LogP contribution in [0.3, 0.4) is 0 Å². The van der Waals surface area contributed by atoms with E-state index in [4.69, 9.17) is 19.6 Å². The van der Waals surface area contributed by atoms with E-state index in [1.807, 2.05) is 19.9 Å². The van der Waals surface area contributed by atoms with Gasteiger partial charge in [0.25, 0.3) is 0 Å². The first-order valence-corrected chi connectivity index (χ1v) is 13.7. The van der Waals surface area contributed by atoms with Crippen LogP contribution >= 0.6 is 0 Å². The number of anilines is 2. The number of hydrazone groups is 1. The number of ether oxygens (including phenoxy) is 2. The van der Waals surface area contributed by atoms with Crippen molar-refractivity contribution in [3.63, 3.8) is 0 Å². The molecular weight excluding hydrogens is 452 g/mol. The molecule has 1 N–H and O–H groups in total. The van der Waals surface area contributed by atoms with Crippen LogP contribution in [0, 0.1) is 0 Å². The predicted octanol–water partition coefficient (Wildman–Crippen LogP) is 4.99. The van der Waals surface area contributed by atoms with Crippen LogP contribution in [0.2, 0.25) is 0 Å². The molecule has 0 bridgehead atoms. The van der Waals surface area contributed by atoms with Crippen LogP contribution in [0.25, 0.3) is 0 Å². The number of nitrogens with zero attached hydrogens (tertiary/aromatic N) is 5. The molecule has 36 heavy (non-hydrogen) atoms. The first-order chi connectivity index (χ1) is 17.8. The Labute approximate surface area is 217 Å². The molecule has 0 spiro atoms. The summed E-state index contributed by atoms with van der Waals surface area (Å²) in [6.07, 6.45) is 5.29. The van der Waals surface area contributed by atoms with E-state index in [2.05, 4.69) is 58.3 Å². The maximum Gasteiger partial charge on any atom is 0.320 e. The standard InChI is InChI=1S/C26H38N6O2.C2H6/c1-3-12-32(13-4-2)25-20-24(27-26(28-25)34-19-16-31-14-17-33-18-15-31)30-29-23-11-7-9-21-8-5-6-10-22(21)23;1-2/h5-6,8,10,20H,3-4,7,9,11-19H2,1-2H3,(H,27,28,30);1-2H3/b29-23+;. The number of morpholine rings is 1. The zero-order valence-electron chi connectivity index (χ0n) is 22.6. The average Bonchev–Trinajstić information content (AvgIpc) is 2.93. The minimum absolute atomic E-state index is 0.398. The Morgan fingerprint density at radius 3 is 2.56 bits per heavy atom.